The predicted molar refractivity (Wildman–Crippen MR) is 107 cm³/mol. The standard InChI is InChI=1S/C15H28N4O2S.HI/c1-12(22-3)11-17-15(16-2)19-8-6-18(7-9-19)14(20)13-5-4-10-21-13;/h12-13H,4-11H2,1-3H3,(H,16,17);1H. The minimum Gasteiger partial charge on any atom is -0.368 e. The smallest absolute Gasteiger partial charge is 0.251 e. The first-order chi connectivity index (χ1) is 10.7. The highest BCUT2D eigenvalue weighted by atomic mass is 127. The zero-order chi connectivity index (χ0) is 15.9. The number of hydrogen-bond donors (Lipinski definition) is 1. The van der Waals surface area contributed by atoms with Crippen LogP contribution in [-0.2, 0) is 9.53 Å². The van der Waals surface area contributed by atoms with Crippen LogP contribution in [0.25, 0.3) is 0 Å². The van der Waals surface area contributed by atoms with E-state index >= 15 is 0 Å². The Morgan fingerprint density at radius 1 is 1.35 bits per heavy atom. The number of carbonyl (C=O) groups is 1. The lowest BCUT2D eigenvalue weighted by atomic mass is 10.2. The van der Waals surface area contributed by atoms with E-state index in [1.54, 1.807) is 0 Å². The number of aliphatic imine (C=N–C) groups is 1. The average molecular weight is 456 g/mol. The van der Waals surface area contributed by atoms with Gasteiger partial charge in [0.25, 0.3) is 5.91 Å². The third-order valence-corrected chi connectivity index (χ3v) is 5.23. The normalized spacial score (nSPS) is 23.4. The van der Waals surface area contributed by atoms with Gasteiger partial charge in [-0.05, 0) is 19.1 Å². The van der Waals surface area contributed by atoms with Crippen molar-refractivity contribution in [3.05, 3.63) is 0 Å². The van der Waals surface area contributed by atoms with Crippen molar-refractivity contribution < 1.29 is 9.53 Å². The van der Waals surface area contributed by atoms with E-state index in [0.29, 0.717) is 5.25 Å². The van der Waals surface area contributed by atoms with E-state index in [1.165, 1.54) is 0 Å². The molecule has 2 rings (SSSR count). The monoisotopic (exact) mass is 456 g/mol. The molecule has 2 atom stereocenters. The van der Waals surface area contributed by atoms with Crippen LogP contribution in [0.15, 0.2) is 4.99 Å². The molecule has 2 aliphatic rings. The minimum absolute atomic E-state index is 0. The van der Waals surface area contributed by atoms with Crippen LogP contribution in [0.3, 0.4) is 0 Å². The largest absolute Gasteiger partial charge is 0.368 e. The lowest BCUT2D eigenvalue weighted by Crippen LogP contribution is -2.55. The van der Waals surface area contributed by atoms with Gasteiger partial charge in [0.1, 0.15) is 6.10 Å². The molecular formula is C15H29IN4O2S. The van der Waals surface area contributed by atoms with Crippen molar-refractivity contribution in [2.24, 2.45) is 4.99 Å². The number of nitrogens with zero attached hydrogens (tertiary/aromatic N) is 3. The molecule has 6 nitrogen and oxygen atoms in total. The van der Waals surface area contributed by atoms with Crippen LogP contribution < -0.4 is 5.32 Å². The van der Waals surface area contributed by atoms with Crippen LogP contribution in [0.1, 0.15) is 19.8 Å². The topological polar surface area (TPSA) is 57.2 Å². The van der Waals surface area contributed by atoms with Gasteiger partial charge in [0, 0.05) is 51.6 Å². The van der Waals surface area contributed by atoms with Gasteiger partial charge in [-0.2, -0.15) is 11.8 Å². The molecule has 2 unspecified atom stereocenters. The quantitative estimate of drug-likeness (QED) is 0.392. The molecule has 0 aliphatic carbocycles. The maximum Gasteiger partial charge on any atom is 0.251 e. The van der Waals surface area contributed by atoms with Gasteiger partial charge in [0.15, 0.2) is 5.96 Å². The van der Waals surface area contributed by atoms with Gasteiger partial charge in [0.2, 0.25) is 0 Å². The van der Waals surface area contributed by atoms with E-state index in [-0.39, 0.29) is 36.0 Å². The molecule has 2 saturated heterocycles. The number of ether oxygens (including phenoxy) is 1. The number of rotatable bonds is 4. The summed E-state index contributed by atoms with van der Waals surface area (Å²) in [5.74, 6) is 1.10. The van der Waals surface area contributed by atoms with Crippen molar-refractivity contribution in [3.63, 3.8) is 0 Å². The van der Waals surface area contributed by atoms with Crippen molar-refractivity contribution in [2.75, 3.05) is 52.6 Å². The number of guanidine groups is 1. The van der Waals surface area contributed by atoms with Crippen LogP contribution in [0.4, 0.5) is 0 Å². The molecule has 0 bridgehead atoms. The maximum absolute atomic E-state index is 12.3. The molecular weight excluding hydrogens is 427 g/mol. The summed E-state index contributed by atoms with van der Waals surface area (Å²) < 4.78 is 5.50. The van der Waals surface area contributed by atoms with Crippen LogP contribution in [0, 0.1) is 0 Å². The first kappa shape index (κ1) is 20.8. The number of carbonyl (C=O) groups excluding carboxylic acids is 1. The van der Waals surface area contributed by atoms with E-state index in [2.05, 4.69) is 28.4 Å². The maximum atomic E-state index is 12.3. The second-order valence-electron chi connectivity index (χ2n) is 5.79. The molecule has 0 aromatic rings. The highest BCUT2D eigenvalue weighted by molar-refractivity contribution is 14.0. The van der Waals surface area contributed by atoms with Crippen molar-refractivity contribution in [1.29, 1.82) is 0 Å². The molecule has 23 heavy (non-hydrogen) atoms. The molecule has 0 aromatic carbocycles. The van der Waals surface area contributed by atoms with E-state index in [4.69, 9.17) is 4.74 Å². The van der Waals surface area contributed by atoms with Crippen LogP contribution in [0.5, 0.6) is 0 Å². The second-order valence-corrected chi connectivity index (χ2v) is 7.06. The highest BCUT2D eigenvalue weighted by Crippen LogP contribution is 2.16. The van der Waals surface area contributed by atoms with Crippen LogP contribution in [-0.4, -0.2) is 85.7 Å². The summed E-state index contributed by atoms with van der Waals surface area (Å²) in [5.41, 5.74) is 0. The van der Waals surface area contributed by atoms with Crippen molar-refractivity contribution in [1.82, 2.24) is 15.1 Å². The molecule has 0 aromatic heterocycles. The second kappa shape index (κ2) is 10.6. The Balaban J connectivity index is 0.00000264. The van der Waals surface area contributed by atoms with E-state index in [0.717, 1.165) is 58.1 Å². The van der Waals surface area contributed by atoms with Gasteiger partial charge < -0.3 is 19.9 Å². The van der Waals surface area contributed by atoms with Gasteiger partial charge in [-0.1, -0.05) is 6.92 Å². The summed E-state index contributed by atoms with van der Waals surface area (Å²) in [7, 11) is 1.82. The zero-order valence-electron chi connectivity index (χ0n) is 14.3. The number of piperazine rings is 1. The molecule has 2 heterocycles. The first-order valence-corrected chi connectivity index (χ1v) is 9.33. The first-order valence-electron chi connectivity index (χ1n) is 8.04. The van der Waals surface area contributed by atoms with Crippen molar-refractivity contribution in [2.45, 2.75) is 31.1 Å². The molecule has 2 fully saturated rings. The fraction of sp³-hybridized carbons (Fsp3) is 0.867. The van der Waals surface area contributed by atoms with Gasteiger partial charge in [-0.3, -0.25) is 9.79 Å². The van der Waals surface area contributed by atoms with Gasteiger partial charge >= 0.3 is 0 Å². The van der Waals surface area contributed by atoms with Crippen molar-refractivity contribution >= 4 is 47.6 Å². The summed E-state index contributed by atoms with van der Waals surface area (Å²) in [6, 6.07) is 0. The summed E-state index contributed by atoms with van der Waals surface area (Å²) in [4.78, 5) is 20.9. The molecule has 0 radical (unpaired) electrons. The lowest BCUT2D eigenvalue weighted by Gasteiger charge is -2.37. The predicted octanol–water partition coefficient (Wildman–Crippen LogP) is 1.25. The molecule has 134 valence electrons. The van der Waals surface area contributed by atoms with E-state index in [9.17, 15) is 4.79 Å². The number of amides is 1. The SMILES string of the molecule is CN=C(NCC(C)SC)N1CCN(C(=O)C2CCCO2)CC1.I. The van der Waals surface area contributed by atoms with Crippen molar-refractivity contribution in [3.8, 4) is 0 Å². The summed E-state index contributed by atoms with van der Waals surface area (Å²) in [5, 5.41) is 3.97. The van der Waals surface area contributed by atoms with Crippen LogP contribution in [0.2, 0.25) is 0 Å². The lowest BCUT2D eigenvalue weighted by molar-refractivity contribution is -0.142. The third-order valence-electron chi connectivity index (χ3n) is 4.26. The number of hydrogen-bond acceptors (Lipinski definition) is 4. The Labute approximate surface area is 160 Å². The Kier molecular flexibility index (Phi) is 9.60. The molecule has 1 amide bonds. The Morgan fingerprint density at radius 3 is 2.52 bits per heavy atom. The summed E-state index contributed by atoms with van der Waals surface area (Å²) in [6.45, 7) is 6.97. The average Bonchev–Trinajstić information content (AvgIpc) is 3.09. The fourth-order valence-corrected chi connectivity index (χ4v) is 3.02. The third kappa shape index (κ3) is 5.97. The number of nitrogens with one attached hydrogen (secondary N) is 1. The summed E-state index contributed by atoms with van der Waals surface area (Å²) in [6.07, 6.45) is 3.78. The fourth-order valence-electron chi connectivity index (χ4n) is 2.77. The van der Waals surface area contributed by atoms with Crippen LogP contribution >= 0.6 is 35.7 Å². The van der Waals surface area contributed by atoms with Gasteiger partial charge in [-0.25, -0.2) is 0 Å². The molecule has 8 heteroatoms. The van der Waals surface area contributed by atoms with Gasteiger partial charge in [0.05, 0.1) is 0 Å². The highest BCUT2D eigenvalue weighted by Gasteiger charge is 2.30. The van der Waals surface area contributed by atoms with Gasteiger partial charge in [-0.15, -0.1) is 24.0 Å². The molecule has 0 saturated carbocycles. The summed E-state index contributed by atoms with van der Waals surface area (Å²) >= 11 is 1.84. The molecule has 1 N–H and O–H groups in total. The number of halogens is 1. The van der Waals surface area contributed by atoms with E-state index < -0.39 is 0 Å². The Bertz CT molecular complexity index is 397. The molecule has 2 aliphatic heterocycles. The van der Waals surface area contributed by atoms with E-state index in [1.807, 2.05) is 23.7 Å². The minimum atomic E-state index is -0.202. The number of thioether (sulfide) groups is 1. The zero-order valence-corrected chi connectivity index (χ0v) is 17.4. The Morgan fingerprint density at radius 2 is 2.00 bits per heavy atom. The Hall–Kier alpha value is -0.220. The molecule has 0 spiro atoms.